The first kappa shape index (κ1) is 14.6. The van der Waals surface area contributed by atoms with Gasteiger partial charge in [-0.3, -0.25) is 13.8 Å². The summed E-state index contributed by atoms with van der Waals surface area (Å²) < 4.78 is 24.2. The Labute approximate surface area is 88.4 Å². The third-order valence-corrected chi connectivity index (χ3v) is 2.12. The van der Waals surface area contributed by atoms with Crippen LogP contribution < -0.4 is 0 Å². The molecule has 0 fully saturated rings. The molecule has 0 aliphatic heterocycles. The number of phosphoric acid groups is 1. The maximum atomic E-state index is 11.0. The summed E-state index contributed by atoms with van der Waals surface area (Å²) in [5, 5.41) is 8.33. The van der Waals surface area contributed by atoms with Gasteiger partial charge in [-0.25, -0.2) is 4.57 Å². The third kappa shape index (κ3) is 8.59. The standard InChI is InChI=1S/C6H12BO7P/c1-5(14-6(7)9)4-13-15(10,11)12-3-2-8/h5,8H,2-4H2,1H3,(H,10,11). The summed E-state index contributed by atoms with van der Waals surface area (Å²) in [6.45, 7) is 0.374. The van der Waals surface area contributed by atoms with E-state index < -0.39 is 26.4 Å². The Bertz CT molecular complexity index is 246. The van der Waals surface area contributed by atoms with Gasteiger partial charge in [-0.15, -0.1) is 0 Å². The van der Waals surface area contributed by atoms with Crippen molar-refractivity contribution in [3.63, 3.8) is 0 Å². The maximum absolute atomic E-state index is 11.0. The molecule has 0 amide bonds. The fraction of sp³-hybridized carbons (Fsp3) is 0.833. The summed E-state index contributed by atoms with van der Waals surface area (Å²) in [5.74, 6) is -1.00. The number of ether oxygens (including phenoxy) is 1. The molecule has 0 aromatic rings. The van der Waals surface area contributed by atoms with E-state index in [9.17, 15) is 9.36 Å². The van der Waals surface area contributed by atoms with Gasteiger partial charge in [0.25, 0.3) is 0 Å². The average molecular weight is 238 g/mol. The molecule has 2 radical (unpaired) electrons. The highest BCUT2D eigenvalue weighted by Crippen LogP contribution is 2.42. The molecule has 2 unspecified atom stereocenters. The van der Waals surface area contributed by atoms with E-state index in [2.05, 4.69) is 13.8 Å². The highest BCUT2D eigenvalue weighted by atomic mass is 31.2. The van der Waals surface area contributed by atoms with Gasteiger partial charge in [0.2, 0.25) is 13.7 Å². The zero-order valence-corrected chi connectivity index (χ0v) is 9.05. The minimum Gasteiger partial charge on any atom is -0.469 e. The van der Waals surface area contributed by atoms with Crippen LogP contribution in [-0.4, -0.2) is 49.6 Å². The smallest absolute Gasteiger partial charge is 0.469 e. The van der Waals surface area contributed by atoms with E-state index in [0.717, 1.165) is 0 Å². The minimum absolute atomic E-state index is 0.321. The van der Waals surface area contributed by atoms with Crippen molar-refractivity contribution >= 4 is 21.5 Å². The highest BCUT2D eigenvalue weighted by Gasteiger charge is 2.22. The van der Waals surface area contributed by atoms with Gasteiger partial charge in [-0.1, -0.05) is 0 Å². The SMILES string of the molecule is [B]C(=O)OC(C)COP(=O)(O)OCCO. The Balaban J connectivity index is 3.82. The Kier molecular flexibility index (Phi) is 6.79. The molecule has 0 spiro atoms. The third-order valence-electron chi connectivity index (χ3n) is 1.14. The van der Waals surface area contributed by atoms with Gasteiger partial charge in [0.15, 0.2) is 0 Å². The Hall–Kier alpha value is -0.395. The molecule has 7 nitrogen and oxygen atoms in total. The van der Waals surface area contributed by atoms with Crippen LogP contribution in [0.2, 0.25) is 0 Å². The second kappa shape index (κ2) is 6.97. The van der Waals surface area contributed by atoms with Crippen LogP contribution in [-0.2, 0) is 18.3 Å². The molecule has 0 aromatic carbocycles. The maximum Gasteiger partial charge on any atom is 0.472 e. The fourth-order valence-corrected chi connectivity index (χ4v) is 1.41. The summed E-state index contributed by atoms with van der Waals surface area (Å²) in [5.41, 5.74) is 0. The molecule has 0 rings (SSSR count). The molecule has 0 saturated carbocycles. The number of aliphatic hydroxyl groups is 1. The average Bonchev–Trinajstić information content (AvgIpc) is 2.11. The number of carbonyl (C=O) groups excluding carboxylic acids is 1. The molecule has 86 valence electrons. The zero-order valence-electron chi connectivity index (χ0n) is 8.16. The lowest BCUT2D eigenvalue weighted by atomic mass is 10.2. The van der Waals surface area contributed by atoms with Crippen LogP contribution >= 0.6 is 7.82 Å². The molecule has 2 N–H and O–H groups in total. The Morgan fingerprint density at radius 1 is 1.53 bits per heavy atom. The molecule has 2 atom stereocenters. The fourth-order valence-electron chi connectivity index (χ4n) is 0.625. The summed E-state index contributed by atoms with van der Waals surface area (Å²) in [6.07, 6.45) is -0.763. The van der Waals surface area contributed by atoms with Crippen molar-refractivity contribution in [2.24, 2.45) is 0 Å². The van der Waals surface area contributed by atoms with Crippen LogP contribution in [0.1, 0.15) is 6.92 Å². The quantitative estimate of drug-likeness (QED) is 0.467. The van der Waals surface area contributed by atoms with E-state index in [1.54, 1.807) is 0 Å². The lowest BCUT2D eigenvalue weighted by Gasteiger charge is -2.15. The monoisotopic (exact) mass is 238 g/mol. The number of aliphatic hydroxyl groups excluding tert-OH is 1. The second-order valence-corrected chi connectivity index (χ2v) is 4.02. The van der Waals surface area contributed by atoms with E-state index in [0.29, 0.717) is 0 Å². The van der Waals surface area contributed by atoms with Gasteiger partial charge < -0.3 is 14.7 Å². The van der Waals surface area contributed by atoms with E-state index in [4.69, 9.17) is 17.8 Å². The molecule has 0 aliphatic rings. The van der Waals surface area contributed by atoms with Crippen LogP contribution in [0.3, 0.4) is 0 Å². The highest BCUT2D eigenvalue weighted by molar-refractivity contribution is 7.47. The first-order chi connectivity index (χ1) is 6.87. The normalized spacial score (nSPS) is 16.7. The van der Waals surface area contributed by atoms with Crippen LogP contribution in [0.25, 0.3) is 0 Å². The first-order valence-electron chi connectivity index (χ1n) is 4.06. The van der Waals surface area contributed by atoms with Crippen molar-refractivity contribution in [1.29, 1.82) is 0 Å². The molecule has 9 heteroatoms. The molecule has 0 bridgehead atoms. The Morgan fingerprint density at radius 2 is 2.13 bits per heavy atom. The van der Waals surface area contributed by atoms with Gasteiger partial charge in [0.05, 0.1) is 19.8 Å². The van der Waals surface area contributed by atoms with E-state index in [-0.39, 0.29) is 13.2 Å². The van der Waals surface area contributed by atoms with Crippen LogP contribution in [0.5, 0.6) is 0 Å². The molecule has 0 aromatic heterocycles. The molecular formula is C6H12BO7P. The summed E-state index contributed by atoms with van der Waals surface area (Å²) in [6, 6.07) is 0. The van der Waals surface area contributed by atoms with Crippen LogP contribution in [0, 0.1) is 0 Å². The Morgan fingerprint density at radius 3 is 2.60 bits per heavy atom. The van der Waals surface area contributed by atoms with Gasteiger partial charge in [-0.2, -0.15) is 0 Å². The van der Waals surface area contributed by atoms with Gasteiger partial charge >= 0.3 is 7.82 Å². The number of hydrogen-bond acceptors (Lipinski definition) is 6. The summed E-state index contributed by atoms with van der Waals surface area (Å²) >= 11 is 0. The second-order valence-electron chi connectivity index (χ2n) is 2.57. The molecule has 15 heavy (non-hydrogen) atoms. The van der Waals surface area contributed by atoms with Gasteiger partial charge in [0, 0.05) is 0 Å². The van der Waals surface area contributed by atoms with Crippen molar-refractivity contribution in [2.75, 3.05) is 19.8 Å². The number of carbonyl (C=O) groups is 1. The summed E-state index contributed by atoms with van der Waals surface area (Å²) in [4.78, 5) is 19.2. The topological polar surface area (TPSA) is 102 Å². The molecule has 0 saturated heterocycles. The predicted octanol–water partition coefficient (Wildman–Crippen LogP) is -0.194. The van der Waals surface area contributed by atoms with E-state index in [1.807, 2.05) is 0 Å². The number of hydrogen-bond donors (Lipinski definition) is 2. The lowest BCUT2D eigenvalue weighted by molar-refractivity contribution is 0.0647. The van der Waals surface area contributed by atoms with Gasteiger partial charge in [-0.05, 0) is 6.92 Å². The zero-order chi connectivity index (χ0) is 11.9. The van der Waals surface area contributed by atoms with Crippen LogP contribution in [0.4, 0.5) is 4.79 Å². The van der Waals surface area contributed by atoms with Crippen LogP contribution in [0.15, 0.2) is 0 Å². The van der Waals surface area contributed by atoms with Crippen molar-refractivity contribution < 1.29 is 33.1 Å². The first-order valence-corrected chi connectivity index (χ1v) is 5.55. The van der Waals surface area contributed by atoms with E-state index in [1.165, 1.54) is 6.92 Å². The minimum atomic E-state index is -4.20. The summed E-state index contributed by atoms with van der Waals surface area (Å²) in [7, 11) is 0.502. The van der Waals surface area contributed by atoms with Gasteiger partial charge in [0.1, 0.15) is 6.10 Å². The van der Waals surface area contributed by atoms with Crippen molar-refractivity contribution in [3.05, 3.63) is 0 Å². The van der Waals surface area contributed by atoms with Crippen molar-refractivity contribution in [2.45, 2.75) is 13.0 Å². The molecular weight excluding hydrogens is 226 g/mol. The number of phosphoric ester groups is 1. The predicted molar refractivity (Wildman–Crippen MR) is 50.5 cm³/mol. The van der Waals surface area contributed by atoms with Crippen molar-refractivity contribution in [1.82, 2.24) is 0 Å². The molecule has 0 aliphatic carbocycles. The number of rotatable bonds is 7. The largest absolute Gasteiger partial charge is 0.472 e. The molecule has 0 heterocycles. The van der Waals surface area contributed by atoms with E-state index >= 15 is 0 Å². The lowest BCUT2D eigenvalue weighted by Crippen LogP contribution is -2.19. The van der Waals surface area contributed by atoms with Crippen molar-refractivity contribution in [3.8, 4) is 0 Å².